The maximum absolute atomic E-state index is 10.9. The Morgan fingerprint density at radius 1 is 0.964 bits per heavy atom. The zero-order valence-electron chi connectivity index (χ0n) is 15.8. The van der Waals surface area contributed by atoms with E-state index in [4.69, 9.17) is 24.1 Å². The summed E-state index contributed by atoms with van der Waals surface area (Å²) in [7, 11) is 6.31. The highest BCUT2D eigenvalue weighted by Gasteiger charge is 2.19. The Morgan fingerprint density at radius 3 is 2.11 bits per heavy atom. The van der Waals surface area contributed by atoms with Crippen molar-refractivity contribution in [1.29, 1.82) is 0 Å². The van der Waals surface area contributed by atoms with Crippen molar-refractivity contribution in [2.24, 2.45) is 0 Å². The Labute approximate surface area is 189 Å². The van der Waals surface area contributed by atoms with Crippen LogP contribution in [0.1, 0.15) is 21.5 Å². The van der Waals surface area contributed by atoms with E-state index in [0.717, 1.165) is 10.0 Å². The van der Waals surface area contributed by atoms with E-state index in [2.05, 4.69) is 47.8 Å². The Hall–Kier alpha value is -1.13. The summed E-state index contributed by atoms with van der Waals surface area (Å²) in [6.07, 6.45) is 0. The van der Waals surface area contributed by atoms with Gasteiger partial charge in [0.2, 0.25) is 0 Å². The second kappa shape index (κ2) is 12.4. The van der Waals surface area contributed by atoms with Crippen molar-refractivity contribution >= 4 is 53.8 Å². The summed E-state index contributed by atoms with van der Waals surface area (Å²) >= 11 is 9.89. The lowest BCUT2D eigenvalue weighted by Gasteiger charge is -2.12. The monoisotopic (exact) mass is 582 g/mol. The van der Waals surface area contributed by atoms with Gasteiger partial charge in [0.25, 0.3) is 0 Å². The fourth-order valence-electron chi connectivity index (χ4n) is 2.28. The van der Waals surface area contributed by atoms with Crippen molar-refractivity contribution in [3.63, 3.8) is 0 Å². The molecule has 0 saturated carbocycles. The number of halogens is 3. The van der Waals surface area contributed by atoms with E-state index >= 15 is 0 Å². The van der Waals surface area contributed by atoms with Gasteiger partial charge in [0, 0.05) is 18.7 Å². The molecule has 2 rings (SSSR count). The number of rotatable bonds is 7. The number of benzene rings is 2. The maximum atomic E-state index is 10.9. The first-order valence-electron chi connectivity index (χ1n) is 7.89. The van der Waals surface area contributed by atoms with E-state index in [1.165, 1.54) is 25.8 Å². The number of hydrogen-bond donors (Lipinski definition) is 1. The van der Waals surface area contributed by atoms with Gasteiger partial charge in [-0.1, -0.05) is 28.1 Å². The summed E-state index contributed by atoms with van der Waals surface area (Å²) in [5.41, 5.74) is 2.44. The first kappa shape index (κ1) is 24.9. The van der Waals surface area contributed by atoms with Gasteiger partial charge in [0.15, 0.2) is 11.5 Å². The Morgan fingerprint density at radius 2 is 1.61 bits per heavy atom. The van der Waals surface area contributed by atoms with Crippen LogP contribution in [0.25, 0.3) is 0 Å². The third-order valence-electron chi connectivity index (χ3n) is 3.59. The summed E-state index contributed by atoms with van der Waals surface area (Å²) < 4.78 is 22.3. The van der Waals surface area contributed by atoms with Gasteiger partial charge in [-0.3, -0.25) is 0 Å². The van der Waals surface area contributed by atoms with Crippen molar-refractivity contribution in [3.8, 4) is 11.5 Å². The maximum Gasteiger partial charge on any atom is 0.337 e. The Balaban J connectivity index is 0.000000283. The first-order valence-corrected chi connectivity index (χ1v) is 10.3. The fourth-order valence-corrected chi connectivity index (χ4v) is 3.84. The molecule has 0 aliphatic heterocycles. The second-order valence-electron chi connectivity index (χ2n) is 5.34. The quantitative estimate of drug-likeness (QED) is 0.452. The summed E-state index contributed by atoms with van der Waals surface area (Å²) in [5, 5.41) is 8.93. The average Bonchev–Trinajstić information content (AvgIpc) is 2.67. The van der Waals surface area contributed by atoms with Gasteiger partial charge in [-0.25, -0.2) is 4.79 Å². The van der Waals surface area contributed by atoms with E-state index in [0.29, 0.717) is 33.7 Å². The molecule has 0 amide bonds. The van der Waals surface area contributed by atoms with Gasteiger partial charge in [-0.05, 0) is 55.1 Å². The number of methoxy groups -OCH3 is 4. The molecule has 0 spiro atoms. The minimum Gasteiger partial charge on any atom is -0.493 e. The van der Waals surface area contributed by atoms with E-state index in [9.17, 15) is 4.79 Å². The van der Waals surface area contributed by atoms with Gasteiger partial charge in [0.1, 0.15) is 0 Å². The van der Waals surface area contributed by atoms with Crippen LogP contribution in [0, 0.1) is 0 Å². The predicted octanol–water partition coefficient (Wildman–Crippen LogP) is 5.67. The summed E-state index contributed by atoms with van der Waals surface area (Å²) in [6.45, 7) is 1.23. The lowest BCUT2D eigenvalue weighted by molar-refractivity contribution is 0.0695. The van der Waals surface area contributed by atoms with Crippen LogP contribution in [0.15, 0.2) is 37.7 Å². The van der Waals surface area contributed by atoms with Crippen molar-refractivity contribution in [2.45, 2.75) is 13.2 Å². The molecular weight excluding hydrogens is 564 g/mol. The average molecular weight is 585 g/mol. The lowest BCUT2D eigenvalue weighted by atomic mass is 10.1. The molecule has 0 atom stereocenters. The third kappa shape index (κ3) is 6.45. The van der Waals surface area contributed by atoms with Crippen molar-refractivity contribution in [1.82, 2.24) is 0 Å². The molecule has 0 radical (unpaired) electrons. The topological polar surface area (TPSA) is 74.2 Å². The molecule has 1 N–H and O–H groups in total. The molecule has 154 valence electrons. The molecule has 0 heterocycles. The van der Waals surface area contributed by atoms with Crippen LogP contribution in [0.5, 0.6) is 11.5 Å². The van der Waals surface area contributed by atoms with Crippen LogP contribution in [-0.2, 0) is 22.7 Å². The standard InChI is InChI=1S/C10H13BrO2.C9H8Br2O4/c1-12-6-8-4-3-5-10(11)9(8)7-13-2;1-14-5-3-4(9(12)13)6(10)7(11)8(5)15-2/h3-5H,6-7H2,1-2H3;3H,1-2H3,(H,12,13). The van der Waals surface area contributed by atoms with E-state index in [-0.39, 0.29) is 5.56 Å². The van der Waals surface area contributed by atoms with E-state index < -0.39 is 5.97 Å². The number of carboxylic acids is 1. The number of hydrogen-bond acceptors (Lipinski definition) is 5. The van der Waals surface area contributed by atoms with Crippen LogP contribution >= 0.6 is 47.8 Å². The molecular formula is C19H21Br3O6. The SMILES string of the molecule is COCc1cccc(Br)c1COC.COc1cc(C(=O)O)c(Br)c(Br)c1OC. The highest BCUT2D eigenvalue weighted by molar-refractivity contribution is 9.13. The Kier molecular flexibility index (Phi) is 11.1. The molecule has 0 fully saturated rings. The van der Waals surface area contributed by atoms with Crippen LogP contribution in [0.4, 0.5) is 0 Å². The van der Waals surface area contributed by atoms with Gasteiger partial charge in [0.05, 0.1) is 41.9 Å². The molecule has 2 aromatic carbocycles. The normalized spacial score (nSPS) is 10.1. The second-order valence-corrected chi connectivity index (χ2v) is 7.78. The smallest absolute Gasteiger partial charge is 0.337 e. The van der Waals surface area contributed by atoms with Crippen LogP contribution in [0.3, 0.4) is 0 Å². The molecule has 2 aromatic rings. The largest absolute Gasteiger partial charge is 0.493 e. The van der Waals surface area contributed by atoms with Gasteiger partial charge < -0.3 is 24.1 Å². The molecule has 6 nitrogen and oxygen atoms in total. The molecule has 0 aliphatic carbocycles. The molecule has 9 heteroatoms. The summed E-state index contributed by atoms with van der Waals surface area (Å²) in [6, 6.07) is 7.45. The van der Waals surface area contributed by atoms with Crippen LogP contribution in [-0.4, -0.2) is 39.5 Å². The summed E-state index contributed by atoms with van der Waals surface area (Å²) in [4.78, 5) is 10.9. The molecule has 0 aliphatic rings. The highest BCUT2D eigenvalue weighted by Crippen LogP contribution is 2.42. The summed E-state index contributed by atoms with van der Waals surface area (Å²) in [5.74, 6) is -0.220. The van der Waals surface area contributed by atoms with Crippen molar-refractivity contribution < 1.29 is 28.8 Å². The number of carboxylic acid groups (broad SMARTS) is 1. The number of ether oxygens (including phenoxy) is 4. The predicted molar refractivity (Wildman–Crippen MR) is 117 cm³/mol. The number of aromatic carboxylic acids is 1. The van der Waals surface area contributed by atoms with E-state index in [1.54, 1.807) is 14.2 Å². The van der Waals surface area contributed by atoms with Crippen molar-refractivity contribution in [2.75, 3.05) is 28.4 Å². The first-order chi connectivity index (χ1) is 13.3. The van der Waals surface area contributed by atoms with Crippen LogP contribution < -0.4 is 9.47 Å². The van der Waals surface area contributed by atoms with Crippen molar-refractivity contribution in [3.05, 3.63) is 54.4 Å². The fraction of sp³-hybridized carbons (Fsp3) is 0.316. The molecule has 0 bridgehead atoms. The minimum absolute atomic E-state index is 0.111. The molecule has 0 unspecified atom stereocenters. The lowest BCUT2D eigenvalue weighted by Crippen LogP contribution is -2.01. The molecule has 28 heavy (non-hydrogen) atoms. The van der Waals surface area contributed by atoms with Gasteiger partial charge in [-0.15, -0.1) is 0 Å². The molecule has 0 saturated heterocycles. The van der Waals surface area contributed by atoms with Crippen LogP contribution in [0.2, 0.25) is 0 Å². The third-order valence-corrected chi connectivity index (χ3v) is 6.44. The van der Waals surface area contributed by atoms with Gasteiger partial charge in [-0.2, -0.15) is 0 Å². The molecule has 0 aromatic heterocycles. The number of carbonyl (C=O) groups is 1. The Bertz CT molecular complexity index is 811. The zero-order chi connectivity index (χ0) is 21.3. The zero-order valence-corrected chi connectivity index (χ0v) is 20.6. The highest BCUT2D eigenvalue weighted by atomic mass is 79.9. The minimum atomic E-state index is -1.04. The van der Waals surface area contributed by atoms with Gasteiger partial charge >= 0.3 is 5.97 Å². The van der Waals surface area contributed by atoms with E-state index in [1.807, 2.05) is 18.2 Å².